The molecule has 3 aliphatic rings. The van der Waals surface area contributed by atoms with Crippen LogP contribution in [0.25, 0.3) is 0 Å². The summed E-state index contributed by atoms with van der Waals surface area (Å²) in [4.78, 5) is 26.1. The number of nitrogens with one attached hydrogen (secondary N) is 2. The molecule has 1 aromatic carbocycles. The van der Waals surface area contributed by atoms with Crippen LogP contribution in [0.15, 0.2) is 24.3 Å². The number of rotatable bonds is 0. The molecule has 6 nitrogen and oxygen atoms in total. The Morgan fingerprint density at radius 2 is 2.15 bits per heavy atom. The molecule has 104 valence electrons. The number of fused-ring (bicyclic) bond motifs is 4. The van der Waals surface area contributed by atoms with Crippen LogP contribution in [-0.2, 0) is 16.0 Å². The fraction of sp³-hybridized carbons (Fsp3) is 0.429. The molecule has 1 aromatic rings. The summed E-state index contributed by atoms with van der Waals surface area (Å²) < 4.78 is 5.55. The van der Waals surface area contributed by atoms with Crippen LogP contribution in [0.3, 0.4) is 0 Å². The number of hydrogen-bond donors (Lipinski definition) is 2. The van der Waals surface area contributed by atoms with Crippen molar-refractivity contribution in [2.75, 3.05) is 24.7 Å². The highest BCUT2D eigenvalue weighted by Gasteiger charge is 2.57. The number of carbonyl (C=O) groups excluding carboxylic acids is 2. The quantitative estimate of drug-likeness (QED) is 0.654. The Kier molecular flexibility index (Phi) is 2.32. The summed E-state index contributed by atoms with van der Waals surface area (Å²) >= 11 is 0. The van der Waals surface area contributed by atoms with Gasteiger partial charge in [-0.3, -0.25) is 10.1 Å². The summed E-state index contributed by atoms with van der Waals surface area (Å²) in [6.45, 7) is 1.81. The van der Waals surface area contributed by atoms with Crippen molar-refractivity contribution in [3.8, 4) is 0 Å². The van der Waals surface area contributed by atoms with E-state index in [1.807, 2.05) is 18.2 Å². The van der Waals surface area contributed by atoms with Gasteiger partial charge >= 0.3 is 6.03 Å². The van der Waals surface area contributed by atoms with Crippen molar-refractivity contribution >= 4 is 17.6 Å². The smallest absolute Gasteiger partial charge is 0.322 e. The lowest BCUT2D eigenvalue weighted by atomic mass is 9.78. The predicted octanol–water partition coefficient (Wildman–Crippen LogP) is 0.0261. The van der Waals surface area contributed by atoms with E-state index in [9.17, 15) is 9.59 Å². The fourth-order valence-corrected chi connectivity index (χ4v) is 3.52. The molecule has 0 radical (unpaired) electrons. The Morgan fingerprint density at radius 1 is 1.30 bits per heavy atom. The van der Waals surface area contributed by atoms with Gasteiger partial charge < -0.3 is 15.0 Å². The lowest BCUT2D eigenvalue weighted by molar-refractivity contribution is -0.126. The van der Waals surface area contributed by atoms with Crippen LogP contribution >= 0.6 is 0 Å². The Balaban J connectivity index is 1.86. The number of amides is 3. The summed E-state index contributed by atoms with van der Waals surface area (Å²) in [5.74, 6) is -0.252. The van der Waals surface area contributed by atoms with Gasteiger partial charge in [0.1, 0.15) is 5.54 Å². The number of nitrogens with zero attached hydrogens (tertiary/aromatic N) is 1. The highest BCUT2D eigenvalue weighted by molar-refractivity contribution is 6.08. The third-order valence-electron chi connectivity index (χ3n) is 4.44. The van der Waals surface area contributed by atoms with Crippen LogP contribution in [0.5, 0.6) is 0 Å². The van der Waals surface area contributed by atoms with Gasteiger partial charge in [0.2, 0.25) is 0 Å². The van der Waals surface area contributed by atoms with Crippen LogP contribution in [0.1, 0.15) is 5.56 Å². The highest BCUT2D eigenvalue weighted by atomic mass is 16.5. The molecule has 6 heteroatoms. The maximum absolute atomic E-state index is 12.3. The molecule has 2 N–H and O–H groups in total. The molecule has 4 rings (SSSR count). The molecule has 20 heavy (non-hydrogen) atoms. The predicted molar refractivity (Wildman–Crippen MR) is 71.5 cm³/mol. The maximum Gasteiger partial charge on any atom is 0.322 e. The highest BCUT2D eigenvalue weighted by Crippen LogP contribution is 2.38. The first kappa shape index (κ1) is 11.7. The Morgan fingerprint density at radius 3 is 2.95 bits per heavy atom. The minimum Gasteiger partial charge on any atom is -0.377 e. The van der Waals surface area contributed by atoms with Crippen LogP contribution < -0.4 is 15.5 Å². The molecule has 0 bridgehead atoms. The molecule has 2 saturated heterocycles. The second kappa shape index (κ2) is 3.96. The van der Waals surface area contributed by atoms with Crippen molar-refractivity contribution in [1.29, 1.82) is 0 Å². The summed E-state index contributed by atoms with van der Waals surface area (Å²) in [5, 5.41) is 5.21. The first-order valence-corrected chi connectivity index (χ1v) is 6.77. The molecule has 3 amide bonds. The van der Waals surface area contributed by atoms with Gasteiger partial charge in [0.05, 0.1) is 19.3 Å². The van der Waals surface area contributed by atoms with Crippen molar-refractivity contribution < 1.29 is 14.3 Å². The van der Waals surface area contributed by atoms with Gasteiger partial charge in [-0.1, -0.05) is 18.2 Å². The Bertz CT molecular complexity index is 603. The summed E-state index contributed by atoms with van der Waals surface area (Å²) in [6.07, 6.45) is 0.505. The molecular formula is C14H15N3O3. The SMILES string of the molecule is O=C1NC(=O)C2(Cc3ccccc3N3CCOCC32)N1. The van der Waals surface area contributed by atoms with Gasteiger partial charge in [0, 0.05) is 18.7 Å². The number of para-hydroxylation sites is 1. The third-order valence-corrected chi connectivity index (χ3v) is 4.44. The van der Waals surface area contributed by atoms with E-state index in [0.29, 0.717) is 19.6 Å². The van der Waals surface area contributed by atoms with Gasteiger partial charge in [0.25, 0.3) is 5.91 Å². The molecule has 3 aliphatic heterocycles. The van der Waals surface area contributed by atoms with Crippen molar-refractivity contribution in [2.45, 2.75) is 18.0 Å². The van der Waals surface area contributed by atoms with E-state index in [2.05, 4.69) is 21.6 Å². The van der Waals surface area contributed by atoms with Gasteiger partial charge in [-0.25, -0.2) is 4.79 Å². The minimum absolute atomic E-state index is 0.155. The Labute approximate surface area is 116 Å². The van der Waals surface area contributed by atoms with Crippen LogP contribution in [0.4, 0.5) is 10.5 Å². The first-order valence-electron chi connectivity index (χ1n) is 6.77. The molecular weight excluding hydrogens is 258 g/mol. The normalized spacial score (nSPS) is 31.6. The van der Waals surface area contributed by atoms with E-state index in [1.165, 1.54) is 0 Å². The first-order chi connectivity index (χ1) is 9.71. The number of anilines is 1. The molecule has 2 unspecified atom stereocenters. The van der Waals surface area contributed by atoms with E-state index in [4.69, 9.17) is 4.74 Å². The van der Waals surface area contributed by atoms with Gasteiger partial charge in [-0.2, -0.15) is 0 Å². The number of urea groups is 1. The zero-order valence-corrected chi connectivity index (χ0v) is 10.9. The second-order valence-electron chi connectivity index (χ2n) is 5.47. The molecule has 0 aromatic heterocycles. The summed E-state index contributed by atoms with van der Waals surface area (Å²) in [6, 6.07) is 7.46. The molecule has 1 spiro atoms. The van der Waals surface area contributed by atoms with Crippen molar-refractivity contribution in [3.05, 3.63) is 29.8 Å². The number of hydrogen-bond acceptors (Lipinski definition) is 4. The molecule has 3 heterocycles. The van der Waals surface area contributed by atoms with Gasteiger partial charge in [0.15, 0.2) is 0 Å². The average molecular weight is 273 g/mol. The number of benzene rings is 1. The summed E-state index contributed by atoms with van der Waals surface area (Å²) in [7, 11) is 0. The largest absolute Gasteiger partial charge is 0.377 e. The van der Waals surface area contributed by atoms with E-state index in [-0.39, 0.29) is 11.9 Å². The molecule has 0 saturated carbocycles. The van der Waals surface area contributed by atoms with Crippen LogP contribution in [-0.4, -0.2) is 43.3 Å². The lowest BCUT2D eigenvalue weighted by Crippen LogP contribution is -2.69. The van der Waals surface area contributed by atoms with Crippen LogP contribution in [0.2, 0.25) is 0 Å². The number of imide groups is 1. The number of morpholine rings is 1. The zero-order valence-electron chi connectivity index (χ0n) is 10.9. The van der Waals surface area contributed by atoms with Gasteiger partial charge in [-0.15, -0.1) is 0 Å². The Hall–Kier alpha value is -2.08. The number of ether oxygens (including phenoxy) is 1. The van der Waals surface area contributed by atoms with Gasteiger partial charge in [-0.05, 0) is 11.6 Å². The van der Waals surface area contributed by atoms with E-state index in [1.54, 1.807) is 0 Å². The number of carbonyl (C=O) groups is 2. The summed E-state index contributed by atoms with van der Waals surface area (Å²) in [5.41, 5.74) is 1.31. The topological polar surface area (TPSA) is 70.7 Å². The van der Waals surface area contributed by atoms with Crippen molar-refractivity contribution in [3.63, 3.8) is 0 Å². The standard InChI is InChI=1S/C14H15N3O3/c18-12-14(16-13(19)15-12)7-9-3-1-2-4-10(9)17-5-6-20-8-11(14)17/h1-4,11H,5-8H2,(H2,15,16,18,19). The van der Waals surface area contributed by atoms with Crippen molar-refractivity contribution in [1.82, 2.24) is 10.6 Å². The minimum atomic E-state index is -0.911. The average Bonchev–Trinajstić information content (AvgIpc) is 2.74. The molecule has 2 fully saturated rings. The second-order valence-corrected chi connectivity index (χ2v) is 5.47. The van der Waals surface area contributed by atoms with E-state index < -0.39 is 11.6 Å². The zero-order chi connectivity index (χ0) is 13.7. The van der Waals surface area contributed by atoms with E-state index >= 15 is 0 Å². The third kappa shape index (κ3) is 1.42. The molecule has 0 aliphatic carbocycles. The maximum atomic E-state index is 12.3. The fourth-order valence-electron chi connectivity index (χ4n) is 3.52. The van der Waals surface area contributed by atoms with Crippen molar-refractivity contribution in [2.24, 2.45) is 0 Å². The molecule has 2 atom stereocenters. The monoisotopic (exact) mass is 273 g/mol. The lowest BCUT2D eigenvalue weighted by Gasteiger charge is -2.49. The van der Waals surface area contributed by atoms with Crippen LogP contribution in [0, 0.1) is 0 Å². The van der Waals surface area contributed by atoms with E-state index in [0.717, 1.165) is 17.8 Å².